The minimum absolute atomic E-state index is 0.385. The number of hydrogen-bond donors (Lipinski definition) is 0. The largest absolute Gasteiger partial charge is 0.237 e. The molecule has 4 nitrogen and oxygen atoms in total. The molecule has 0 saturated carbocycles. The molecule has 68 valence electrons. The van der Waals surface area contributed by atoms with Crippen molar-refractivity contribution in [2.24, 2.45) is 0 Å². The number of rotatable bonds is 0. The van der Waals surface area contributed by atoms with E-state index in [1.807, 2.05) is 24.4 Å². The average molecular weight is 205 g/mol. The number of hydrogen-bond acceptors (Lipinski definition) is 3. The molecule has 0 saturated heterocycles. The maximum atomic E-state index is 5.77. The lowest BCUT2D eigenvalue weighted by molar-refractivity contribution is 0.971. The highest BCUT2D eigenvalue weighted by atomic mass is 35.5. The van der Waals surface area contributed by atoms with E-state index in [9.17, 15) is 0 Å². The molecule has 5 heteroatoms. The maximum Gasteiger partial charge on any atom is 0.201 e. The van der Waals surface area contributed by atoms with Gasteiger partial charge in [0.05, 0.1) is 11.7 Å². The number of aromatic nitrogens is 4. The zero-order chi connectivity index (χ0) is 9.54. The summed E-state index contributed by atoms with van der Waals surface area (Å²) < 4.78 is 1.74. The Kier molecular flexibility index (Phi) is 1.46. The van der Waals surface area contributed by atoms with Gasteiger partial charge in [0.2, 0.25) is 5.65 Å². The first kappa shape index (κ1) is 7.70. The summed E-state index contributed by atoms with van der Waals surface area (Å²) in [6.45, 7) is 0. The number of pyridine rings is 1. The van der Waals surface area contributed by atoms with Crippen LogP contribution in [0.2, 0.25) is 5.15 Å². The minimum Gasteiger partial charge on any atom is -0.237 e. The van der Waals surface area contributed by atoms with Crippen molar-refractivity contribution < 1.29 is 0 Å². The van der Waals surface area contributed by atoms with Crippen molar-refractivity contribution in [2.75, 3.05) is 0 Å². The molecule has 0 aliphatic rings. The summed E-state index contributed by atoms with van der Waals surface area (Å²) in [5.74, 6) is 0. The van der Waals surface area contributed by atoms with E-state index in [1.54, 1.807) is 4.52 Å². The fourth-order valence-corrected chi connectivity index (χ4v) is 1.55. The van der Waals surface area contributed by atoms with Crippen molar-refractivity contribution in [3.63, 3.8) is 0 Å². The highest BCUT2D eigenvalue weighted by Crippen LogP contribution is 2.16. The number of nitrogens with zero attached hydrogens (tertiary/aromatic N) is 4. The van der Waals surface area contributed by atoms with Crippen LogP contribution in [0.3, 0.4) is 0 Å². The molecule has 0 radical (unpaired) electrons. The summed E-state index contributed by atoms with van der Waals surface area (Å²) >= 11 is 5.77. The second-order valence-corrected chi connectivity index (χ2v) is 3.28. The molecule has 0 N–H and O–H groups in total. The van der Waals surface area contributed by atoms with Gasteiger partial charge in [-0.2, -0.15) is 0 Å². The molecular formula is C9H5ClN4. The van der Waals surface area contributed by atoms with E-state index in [-0.39, 0.29) is 0 Å². The predicted molar refractivity (Wildman–Crippen MR) is 53.3 cm³/mol. The van der Waals surface area contributed by atoms with Gasteiger partial charge in [-0.05, 0) is 12.1 Å². The molecule has 0 bridgehead atoms. The molecule has 3 rings (SSSR count). The Labute approximate surface area is 84.2 Å². The van der Waals surface area contributed by atoms with E-state index < -0.39 is 0 Å². The van der Waals surface area contributed by atoms with Crippen LogP contribution in [0, 0.1) is 0 Å². The summed E-state index contributed by atoms with van der Waals surface area (Å²) in [7, 11) is 0. The summed E-state index contributed by atoms with van der Waals surface area (Å²) in [6.07, 6.45) is 3.35. The smallest absolute Gasteiger partial charge is 0.201 e. The molecule has 3 aromatic heterocycles. The Morgan fingerprint density at radius 2 is 2.21 bits per heavy atom. The van der Waals surface area contributed by atoms with Crippen LogP contribution >= 0.6 is 11.6 Å². The minimum atomic E-state index is 0.385. The van der Waals surface area contributed by atoms with Gasteiger partial charge < -0.3 is 0 Å². The van der Waals surface area contributed by atoms with Crippen LogP contribution in [0.4, 0.5) is 0 Å². The van der Waals surface area contributed by atoms with Crippen molar-refractivity contribution in [1.29, 1.82) is 0 Å². The average Bonchev–Trinajstić information content (AvgIpc) is 2.56. The lowest BCUT2D eigenvalue weighted by atomic mass is 10.4. The Balaban J connectivity index is 2.58. The first-order valence-corrected chi connectivity index (χ1v) is 4.48. The second kappa shape index (κ2) is 2.65. The molecular weight excluding hydrogens is 200 g/mol. The van der Waals surface area contributed by atoms with Gasteiger partial charge in [0, 0.05) is 6.20 Å². The van der Waals surface area contributed by atoms with Crippen LogP contribution in [0.1, 0.15) is 0 Å². The van der Waals surface area contributed by atoms with Crippen molar-refractivity contribution in [1.82, 2.24) is 19.6 Å². The zero-order valence-corrected chi connectivity index (χ0v) is 7.81. The topological polar surface area (TPSA) is 43.1 Å². The molecule has 0 fully saturated rings. The van der Waals surface area contributed by atoms with Gasteiger partial charge in [-0.15, -0.1) is 5.10 Å². The normalized spacial score (nSPS) is 11.2. The number of halogens is 1. The first-order chi connectivity index (χ1) is 6.84. The molecule has 14 heavy (non-hydrogen) atoms. The van der Waals surface area contributed by atoms with E-state index in [1.165, 1.54) is 6.20 Å². The van der Waals surface area contributed by atoms with Crippen molar-refractivity contribution in [3.8, 4) is 0 Å². The molecule has 0 atom stereocenters. The fraction of sp³-hybridized carbons (Fsp3) is 0. The third-order valence-electron chi connectivity index (χ3n) is 2.01. The first-order valence-electron chi connectivity index (χ1n) is 4.10. The van der Waals surface area contributed by atoms with E-state index in [0.717, 1.165) is 11.0 Å². The lowest BCUT2D eigenvalue weighted by Crippen LogP contribution is -1.82. The quantitative estimate of drug-likeness (QED) is 0.562. The Bertz CT molecular complexity index is 616. The SMILES string of the molecule is Clc1cnc2nn3ccccc3c2n1. The van der Waals surface area contributed by atoms with E-state index >= 15 is 0 Å². The Morgan fingerprint density at radius 1 is 1.29 bits per heavy atom. The van der Waals surface area contributed by atoms with Gasteiger partial charge in [-0.3, -0.25) is 0 Å². The highest BCUT2D eigenvalue weighted by Gasteiger charge is 2.06. The van der Waals surface area contributed by atoms with Gasteiger partial charge in [0.25, 0.3) is 0 Å². The van der Waals surface area contributed by atoms with E-state index in [4.69, 9.17) is 11.6 Å². The molecule has 0 unspecified atom stereocenters. The molecule has 0 aliphatic heterocycles. The van der Waals surface area contributed by atoms with Crippen LogP contribution in [0.25, 0.3) is 16.7 Å². The maximum absolute atomic E-state index is 5.77. The molecule has 0 spiro atoms. The van der Waals surface area contributed by atoms with E-state index in [0.29, 0.717) is 10.8 Å². The molecule has 3 aromatic rings. The van der Waals surface area contributed by atoms with Crippen molar-refractivity contribution in [2.45, 2.75) is 0 Å². The highest BCUT2D eigenvalue weighted by molar-refractivity contribution is 6.29. The number of fused-ring (bicyclic) bond motifs is 3. The molecule has 3 heterocycles. The van der Waals surface area contributed by atoms with Gasteiger partial charge in [0.1, 0.15) is 10.7 Å². The van der Waals surface area contributed by atoms with Crippen LogP contribution in [-0.2, 0) is 0 Å². The lowest BCUT2D eigenvalue weighted by Gasteiger charge is -1.89. The second-order valence-electron chi connectivity index (χ2n) is 2.90. The van der Waals surface area contributed by atoms with Gasteiger partial charge >= 0.3 is 0 Å². The third-order valence-corrected chi connectivity index (χ3v) is 2.19. The standard InChI is InChI=1S/C9H5ClN4/c10-7-5-11-9-8(12-7)6-3-1-2-4-14(6)13-9/h1-5H. The van der Waals surface area contributed by atoms with Gasteiger partial charge in [-0.1, -0.05) is 17.7 Å². The summed E-state index contributed by atoms with van der Waals surface area (Å²) in [5.41, 5.74) is 2.26. The van der Waals surface area contributed by atoms with Gasteiger partial charge in [-0.25, -0.2) is 14.5 Å². The van der Waals surface area contributed by atoms with Gasteiger partial charge in [0.15, 0.2) is 0 Å². The summed E-state index contributed by atoms with van der Waals surface area (Å²) in [4.78, 5) is 8.27. The zero-order valence-electron chi connectivity index (χ0n) is 7.05. The molecule has 0 aromatic carbocycles. The van der Waals surface area contributed by atoms with Crippen molar-refractivity contribution in [3.05, 3.63) is 35.7 Å². The van der Waals surface area contributed by atoms with E-state index in [2.05, 4.69) is 15.1 Å². The Morgan fingerprint density at radius 3 is 3.14 bits per heavy atom. The van der Waals surface area contributed by atoms with Crippen LogP contribution in [-0.4, -0.2) is 19.6 Å². The Hall–Kier alpha value is -1.68. The van der Waals surface area contributed by atoms with Crippen LogP contribution < -0.4 is 0 Å². The van der Waals surface area contributed by atoms with Crippen molar-refractivity contribution >= 4 is 28.3 Å². The monoisotopic (exact) mass is 204 g/mol. The summed E-state index contributed by atoms with van der Waals surface area (Å²) in [5, 5.41) is 4.63. The fourth-order valence-electron chi connectivity index (χ4n) is 1.42. The van der Waals surface area contributed by atoms with Crippen LogP contribution in [0.5, 0.6) is 0 Å². The molecule has 0 amide bonds. The third kappa shape index (κ3) is 0.975. The van der Waals surface area contributed by atoms with Crippen LogP contribution in [0.15, 0.2) is 30.6 Å². The predicted octanol–water partition coefficient (Wildman–Crippen LogP) is 1.93. The summed E-state index contributed by atoms with van der Waals surface area (Å²) in [6, 6.07) is 5.76. The molecule has 0 aliphatic carbocycles.